The number of quaternary nitrogens is 1. The Kier molecular flexibility index (Phi) is 6.12. The highest BCUT2D eigenvalue weighted by Crippen LogP contribution is 2.48. The van der Waals surface area contributed by atoms with Crippen LogP contribution in [0.4, 0.5) is 11.4 Å². The second-order valence-corrected chi connectivity index (χ2v) is 11.6. The molecule has 0 spiro atoms. The summed E-state index contributed by atoms with van der Waals surface area (Å²) in [5.74, 6) is 0. The molecule has 36 heavy (non-hydrogen) atoms. The number of hydrogen-bond donors (Lipinski definition) is 0. The largest absolute Gasteiger partial charge is 0.339 e. The molecule has 0 radical (unpaired) electrons. The average Bonchev–Trinajstić information content (AvgIpc) is 2.88. The molecule has 0 amide bonds. The van der Waals surface area contributed by atoms with Crippen LogP contribution in [0.25, 0.3) is 21.8 Å². The first-order valence-electron chi connectivity index (χ1n) is 12.4. The van der Waals surface area contributed by atoms with E-state index in [1.165, 1.54) is 37.5 Å². The van der Waals surface area contributed by atoms with E-state index in [-0.39, 0.29) is 0 Å². The number of pyridine rings is 1. The number of aromatic nitrogens is 1. The van der Waals surface area contributed by atoms with Crippen LogP contribution in [0.5, 0.6) is 0 Å². The molecule has 0 N–H and O–H groups in total. The lowest BCUT2D eigenvalue weighted by Crippen LogP contribution is -2.41. The van der Waals surface area contributed by atoms with Crippen LogP contribution in [0.1, 0.15) is 12.0 Å². The summed E-state index contributed by atoms with van der Waals surface area (Å²) < 4.78 is 0.907. The predicted molar refractivity (Wildman–Crippen MR) is 154 cm³/mol. The van der Waals surface area contributed by atoms with E-state index in [1.807, 2.05) is 17.8 Å². The van der Waals surface area contributed by atoms with E-state index in [0.717, 1.165) is 46.6 Å². The van der Waals surface area contributed by atoms with Crippen molar-refractivity contribution >= 4 is 56.5 Å². The predicted octanol–water partition coefficient (Wildman–Crippen LogP) is 8.31. The first kappa shape index (κ1) is 23.4. The Labute approximate surface area is 221 Å². The van der Waals surface area contributed by atoms with Crippen LogP contribution < -0.4 is 4.90 Å². The van der Waals surface area contributed by atoms with Crippen molar-refractivity contribution in [2.75, 3.05) is 32.1 Å². The lowest BCUT2D eigenvalue weighted by atomic mass is 10.0. The molecule has 0 saturated heterocycles. The molecular weight excluding hydrogens is 482 g/mol. The van der Waals surface area contributed by atoms with Gasteiger partial charge in [-0.15, -0.1) is 0 Å². The molecule has 1 aliphatic rings. The summed E-state index contributed by atoms with van der Waals surface area (Å²) in [6, 6.07) is 32.0. The molecule has 2 heterocycles. The third-order valence-electron chi connectivity index (χ3n) is 7.02. The van der Waals surface area contributed by atoms with E-state index in [2.05, 4.69) is 104 Å². The zero-order valence-corrected chi connectivity index (χ0v) is 22.2. The second-order valence-electron chi connectivity index (χ2n) is 10.1. The van der Waals surface area contributed by atoms with Crippen LogP contribution in [0, 0.1) is 0 Å². The zero-order valence-electron chi connectivity index (χ0n) is 20.6. The molecule has 6 rings (SSSR count). The van der Waals surface area contributed by atoms with Crippen LogP contribution in [-0.2, 0) is 6.54 Å². The van der Waals surface area contributed by atoms with E-state index in [4.69, 9.17) is 16.6 Å². The minimum atomic E-state index is 0.784. The molecule has 0 unspecified atom stereocenters. The average molecular weight is 511 g/mol. The summed E-state index contributed by atoms with van der Waals surface area (Å²) >= 11 is 8.25. The standard InChI is InChI=1S/C31H29ClN3S/c1-35(2,21-25-23-10-3-5-12-26(23)33-27-13-6-4-11-24(25)27)19-9-18-34-28-14-7-8-15-30(28)36-31-17-16-22(32)20-29(31)34/h3-8,10-17,20H,9,18-19,21H2,1-2H3/q+1. The highest BCUT2D eigenvalue weighted by Gasteiger charge is 2.25. The third kappa shape index (κ3) is 4.45. The zero-order chi connectivity index (χ0) is 24.7. The summed E-state index contributed by atoms with van der Waals surface area (Å²) in [6.45, 7) is 2.97. The van der Waals surface area contributed by atoms with Crippen LogP contribution in [-0.4, -0.2) is 36.7 Å². The van der Waals surface area contributed by atoms with Crippen molar-refractivity contribution in [1.82, 2.24) is 4.98 Å². The number of fused-ring (bicyclic) bond motifs is 4. The van der Waals surface area contributed by atoms with Crippen molar-refractivity contribution in [3.8, 4) is 0 Å². The minimum Gasteiger partial charge on any atom is -0.339 e. The van der Waals surface area contributed by atoms with E-state index >= 15 is 0 Å². The van der Waals surface area contributed by atoms with Gasteiger partial charge in [0.2, 0.25) is 0 Å². The van der Waals surface area contributed by atoms with Gasteiger partial charge < -0.3 is 9.38 Å². The summed E-state index contributed by atoms with van der Waals surface area (Å²) in [6.07, 6.45) is 1.07. The summed E-state index contributed by atoms with van der Waals surface area (Å²) in [5.41, 5.74) is 6.01. The monoisotopic (exact) mass is 510 g/mol. The molecule has 0 atom stereocenters. The van der Waals surface area contributed by atoms with Gasteiger partial charge in [-0.1, -0.05) is 71.9 Å². The topological polar surface area (TPSA) is 16.1 Å². The van der Waals surface area contributed by atoms with Crippen molar-refractivity contribution in [2.24, 2.45) is 0 Å². The lowest BCUT2D eigenvalue weighted by Gasteiger charge is -2.35. The molecule has 0 aliphatic carbocycles. The quantitative estimate of drug-likeness (QED) is 0.169. The van der Waals surface area contributed by atoms with Crippen molar-refractivity contribution in [3.63, 3.8) is 0 Å². The van der Waals surface area contributed by atoms with Gasteiger partial charge in [0.05, 0.1) is 43.0 Å². The highest BCUT2D eigenvalue weighted by atomic mass is 35.5. The highest BCUT2D eigenvalue weighted by molar-refractivity contribution is 7.99. The number of anilines is 2. The van der Waals surface area contributed by atoms with Crippen molar-refractivity contribution < 1.29 is 4.48 Å². The van der Waals surface area contributed by atoms with Crippen LogP contribution in [0.3, 0.4) is 0 Å². The van der Waals surface area contributed by atoms with Gasteiger partial charge in [0, 0.05) is 44.1 Å². The van der Waals surface area contributed by atoms with Crippen LogP contribution in [0.2, 0.25) is 5.02 Å². The first-order valence-corrected chi connectivity index (χ1v) is 13.6. The van der Waals surface area contributed by atoms with E-state index < -0.39 is 0 Å². The molecule has 0 bridgehead atoms. The van der Waals surface area contributed by atoms with Crippen molar-refractivity contribution in [3.05, 3.63) is 102 Å². The van der Waals surface area contributed by atoms with Gasteiger partial charge in [-0.25, -0.2) is 4.98 Å². The number of rotatable bonds is 6. The van der Waals surface area contributed by atoms with Gasteiger partial charge in [0.1, 0.15) is 6.54 Å². The van der Waals surface area contributed by atoms with Crippen LogP contribution >= 0.6 is 23.4 Å². The number of benzene rings is 4. The van der Waals surface area contributed by atoms with Gasteiger partial charge in [-0.05, 0) is 42.5 Å². The second kappa shape index (κ2) is 9.44. The fourth-order valence-electron chi connectivity index (χ4n) is 5.31. The third-order valence-corrected chi connectivity index (χ3v) is 8.38. The molecule has 3 nitrogen and oxygen atoms in total. The van der Waals surface area contributed by atoms with E-state index in [0.29, 0.717) is 0 Å². The Morgan fingerprint density at radius 1 is 0.778 bits per heavy atom. The molecule has 1 aliphatic heterocycles. The SMILES string of the molecule is C[N+](C)(CCCN1c2ccccc2Sc2ccc(Cl)cc21)Cc1c2ccccc2nc2ccccc12. The Balaban J connectivity index is 1.26. The van der Waals surface area contributed by atoms with E-state index in [9.17, 15) is 0 Å². The van der Waals surface area contributed by atoms with Gasteiger partial charge >= 0.3 is 0 Å². The van der Waals surface area contributed by atoms with Crippen molar-refractivity contribution in [2.45, 2.75) is 22.8 Å². The number of halogens is 1. The Hall–Kier alpha value is -3.05. The lowest BCUT2D eigenvalue weighted by molar-refractivity contribution is -0.903. The molecule has 180 valence electrons. The molecule has 1 aromatic heterocycles. The molecule has 0 fully saturated rings. The van der Waals surface area contributed by atoms with Gasteiger partial charge in [-0.3, -0.25) is 0 Å². The summed E-state index contributed by atoms with van der Waals surface area (Å²) in [7, 11) is 4.68. The summed E-state index contributed by atoms with van der Waals surface area (Å²) in [4.78, 5) is 9.93. The Morgan fingerprint density at radius 2 is 1.42 bits per heavy atom. The maximum Gasteiger partial charge on any atom is 0.105 e. The number of para-hydroxylation sites is 3. The maximum atomic E-state index is 6.42. The minimum absolute atomic E-state index is 0.784. The smallest absolute Gasteiger partial charge is 0.105 e. The Bertz CT molecular complexity index is 1530. The Morgan fingerprint density at radius 3 is 2.17 bits per heavy atom. The fourth-order valence-corrected chi connectivity index (χ4v) is 6.55. The van der Waals surface area contributed by atoms with Crippen LogP contribution in [0.15, 0.2) is 101 Å². The fraction of sp³-hybridized carbons (Fsp3) is 0.194. The molecule has 4 aromatic carbocycles. The number of hydrogen-bond acceptors (Lipinski definition) is 3. The van der Waals surface area contributed by atoms with E-state index in [1.54, 1.807) is 0 Å². The molecule has 5 heteroatoms. The van der Waals surface area contributed by atoms with Gasteiger partial charge in [-0.2, -0.15) is 0 Å². The summed E-state index contributed by atoms with van der Waals surface area (Å²) in [5, 5.41) is 3.30. The maximum absolute atomic E-state index is 6.42. The first-order chi connectivity index (χ1) is 17.5. The normalized spacial score (nSPS) is 13.1. The molecule has 5 aromatic rings. The van der Waals surface area contributed by atoms with Crippen molar-refractivity contribution in [1.29, 1.82) is 0 Å². The molecular formula is C31H29ClN3S+. The molecule has 0 saturated carbocycles. The van der Waals surface area contributed by atoms with Gasteiger partial charge in [0.15, 0.2) is 0 Å². The number of nitrogens with zero attached hydrogens (tertiary/aromatic N) is 3. The van der Waals surface area contributed by atoms with Gasteiger partial charge in [0.25, 0.3) is 0 Å².